The topological polar surface area (TPSA) is 64.8 Å². The zero-order chi connectivity index (χ0) is 22.9. The fourth-order valence-corrected chi connectivity index (χ4v) is 4.85. The summed E-state index contributed by atoms with van der Waals surface area (Å²) in [5.41, 5.74) is 2.70. The van der Waals surface area contributed by atoms with Gasteiger partial charge in [0.25, 0.3) is 6.41 Å². The summed E-state index contributed by atoms with van der Waals surface area (Å²) in [6, 6.07) is 10.1. The minimum atomic E-state index is -0.479. The fraction of sp³-hybridized carbons (Fsp3) is 0.462. The van der Waals surface area contributed by atoms with Crippen LogP contribution in [0.15, 0.2) is 40.9 Å². The van der Waals surface area contributed by atoms with Crippen molar-refractivity contribution in [2.24, 2.45) is 0 Å². The molecule has 2 heterocycles. The van der Waals surface area contributed by atoms with E-state index < -0.39 is 6.41 Å². The van der Waals surface area contributed by atoms with Crippen molar-refractivity contribution in [1.82, 2.24) is 10.1 Å². The van der Waals surface area contributed by atoms with Gasteiger partial charge in [0.1, 0.15) is 11.6 Å². The number of likely N-dealkylation sites (tertiary alicyclic amines) is 1. The van der Waals surface area contributed by atoms with E-state index >= 15 is 0 Å². The number of Topliss-reactive ketones (excluding diaryl/α,β-unsaturated/α-hetero) is 1. The number of piperidine rings is 1. The van der Waals surface area contributed by atoms with E-state index in [-0.39, 0.29) is 23.6 Å². The molecule has 0 radical (unpaired) electrons. The molecule has 1 aromatic heterocycles. The van der Waals surface area contributed by atoms with Crippen molar-refractivity contribution in [1.29, 1.82) is 0 Å². The predicted octanol–water partition coefficient (Wildman–Crippen LogP) is 5.65. The molecule has 0 N–H and O–H groups in total. The summed E-state index contributed by atoms with van der Waals surface area (Å²) in [6.45, 7) is 5.86. The van der Waals surface area contributed by atoms with E-state index in [2.05, 4.69) is 10.1 Å². The van der Waals surface area contributed by atoms with Crippen LogP contribution in [0.1, 0.15) is 73.5 Å². The summed E-state index contributed by atoms with van der Waals surface area (Å²) in [5.74, 6) is 0.247. The highest BCUT2D eigenvalue weighted by Crippen LogP contribution is 2.40. The van der Waals surface area contributed by atoms with Crippen molar-refractivity contribution >= 4 is 16.8 Å². The van der Waals surface area contributed by atoms with Gasteiger partial charge in [0.05, 0.1) is 11.8 Å². The lowest BCUT2D eigenvalue weighted by Crippen LogP contribution is -2.45. The molecule has 1 saturated heterocycles. The van der Waals surface area contributed by atoms with Crippen LogP contribution >= 0.6 is 0 Å². The minimum absolute atomic E-state index is 0.0193. The first-order valence-corrected chi connectivity index (χ1v) is 11.8. The standard InChI is InChI=1S/C26H29FN2O4/c1-16(2)31-26(29-12-4-3-5-13-29)32-18-7-9-19-20(10-11-23(30)22(19)15-18)25-21-8-6-17(27)14-24(21)33-28-25/h6-9,14-16,20,26H,3-5,10-13H2,1-2H3. The lowest BCUT2D eigenvalue weighted by Gasteiger charge is -2.35. The van der Waals surface area contributed by atoms with Gasteiger partial charge < -0.3 is 14.0 Å². The summed E-state index contributed by atoms with van der Waals surface area (Å²) in [7, 11) is 0. The number of aromatic nitrogens is 1. The first-order chi connectivity index (χ1) is 16.0. The van der Waals surface area contributed by atoms with Crippen molar-refractivity contribution in [3.8, 4) is 5.75 Å². The Balaban J connectivity index is 1.45. The molecule has 2 atom stereocenters. The van der Waals surface area contributed by atoms with E-state index in [1.165, 1.54) is 18.6 Å². The molecule has 3 aromatic rings. The summed E-state index contributed by atoms with van der Waals surface area (Å²) in [6.07, 6.45) is 4.07. The molecule has 7 heteroatoms. The lowest BCUT2D eigenvalue weighted by atomic mass is 9.79. The zero-order valence-corrected chi connectivity index (χ0v) is 19.1. The Hall–Kier alpha value is -2.77. The van der Waals surface area contributed by atoms with E-state index in [4.69, 9.17) is 14.0 Å². The smallest absolute Gasteiger partial charge is 0.262 e. The van der Waals surface area contributed by atoms with Crippen molar-refractivity contribution < 1.29 is 23.2 Å². The number of ether oxygens (including phenoxy) is 2. The van der Waals surface area contributed by atoms with Gasteiger partial charge >= 0.3 is 0 Å². The molecule has 6 nitrogen and oxygen atoms in total. The van der Waals surface area contributed by atoms with Crippen molar-refractivity contribution in [3.63, 3.8) is 0 Å². The number of nitrogens with zero attached hydrogens (tertiary/aromatic N) is 2. The van der Waals surface area contributed by atoms with Crippen LogP contribution in [0.2, 0.25) is 0 Å². The molecule has 2 aliphatic rings. The second-order valence-electron chi connectivity index (χ2n) is 9.18. The van der Waals surface area contributed by atoms with Crippen LogP contribution < -0.4 is 4.74 Å². The van der Waals surface area contributed by atoms with Gasteiger partial charge in [-0.2, -0.15) is 0 Å². The highest BCUT2D eigenvalue weighted by Gasteiger charge is 2.31. The number of ketones is 1. The minimum Gasteiger partial charge on any atom is -0.451 e. The Kier molecular flexibility index (Phi) is 6.17. The molecule has 5 rings (SSSR count). The highest BCUT2D eigenvalue weighted by molar-refractivity contribution is 5.99. The average molecular weight is 453 g/mol. The highest BCUT2D eigenvalue weighted by atomic mass is 19.1. The van der Waals surface area contributed by atoms with Gasteiger partial charge in [-0.1, -0.05) is 17.6 Å². The SMILES string of the molecule is CC(C)OC(Oc1ccc2c(c1)C(=O)CCC2c1noc2cc(F)ccc12)N1CCCCC1. The number of fused-ring (bicyclic) bond motifs is 2. The van der Waals surface area contributed by atoms with Crippen LogP contribution in [0, 0.1) is 5.82 Å². The molecule has 174 valence electrons. The largest absolute Gasteiger partial charge is 0.451 e. The number of hydrogen-bond donors (Lipinski definition) is 0. The van der Waals surface area contributed by atoms with Crippen LogP contribution in [-0.2, 0) is 4.74 Å². The summed E-state index contributed by atoms with van der Waals surface area (Å²) < 4.78 is 31.3. The Morgan fingerprint density at radius 3 is 2.73 bits per heavy atom. The van der Waals surface area contributed by atoms with Gasteiger partial charge in [0, 0.05) is 42.4 Å². The molecular formula is C26H29FN2O4. The van der Waals surface area contributed by atoms with Crippen LogP contribution in [0.4, 0.5) is 4.39 Å². The molecule has 0 saturated carbocycles. The first kappa shape index (κ1) is 22.0. The first-order valence-electron chi connectivity index (χ1n) is 11.8. The van der Waals surface area contributed by atoms with Gasteiger partial charge in [-0.05, 0) is 62.9 Å². The summed E-state index contributed by atoms with van der Waals surface area (Å²) in [4.78, 5) is 15.1. The van der Waals surface area contributed by atoms with Crippen LogP contribution in [0.3, 0.4) is 0 Å². The number of rotatable bonds is 6. The number of halogens is 1. The number of hydrogen-bond acceptors (Lipinski definition) is 6. The maximum Gasteiger partial charge on any atom is 0.262 e. The van der Waals surface area contributed by atoms with E-state index in [9.17, 15) is 9.18 Å². The third-order valence-electron chi connectivity index (χ3n) is 6.47. The zero-order valence-electron chi connectivity index (χ0n) is 19.1. The molecule has 1 aliphatic carbocycles. The van der Waals surface area contributed by atoms with Crippen molar-refractivity contribution in [3.05, 3.63) is 59.0 Å². The predicted molar refractivity (Wildman–Crippen MR) is 122 cm³/mol. The molecule has 0 bridgehead atoms. The monoisotopic (exact) mass is 452 g/mol. The van der Waals surface area contributed by atoms with E-state index in [0.717, 1.165) is 42.6 Å². The van der Waals surface area contributed by atoms with Gasteiger partial charge in [-0.15, -0.1) is 0 Å². The number of carbonyl (C=O) groups excluding carboxylic acids is 1. The third kappa shape index (κ3) is 4.52. The Morgan fingerprint density at radius 1 is 1.12 bits per heavy atom. The van der Waals surface area contributed by atoms with E-state index in [0.29, 0.717) is 29.7 Å². The Morgan fingerprint density at radius 2 is 1.94 bits per heavy atom. The summed E-state index contributed by atoms with van der Waals surface area (Å²) >= 11 is 0. The number of carbonyl (C=O) groups is 1. The lowest BCUT2D eigenvalue weighted by molar-refractivity contribution is -0.198. The van der Waals surface area contributed by atoms with Gasteiger partial charge in [-0.3, -0.25) is 4.79 Å². The maximum absolute atomic E-state index is 13.6. The van der Waals surface area contributed by atoms with Crippen LogP contribution in [-0.4, -0.2) is 41.4 Å². The summed E-state index contributed by atoms with van der Waals surface area (Å²) in [5, 5.41) is 5.01. The van der Waals surface area contributed by atoms with Gasteiger partial charge in [0.2, 0.25) is 0 Å². The van der Waals surface area contributed by atoms with E-state index in [1.807, 2.05) is 32.0 Å². The van der Waals surface area contributed by atoms with Gasteiger partial charge in [-0.25, -0.2) is 9.29 Å². The molecule has 33 heavy (non-hydrogen) atoms. The quantitative estimate of drug-likeness (QED) is 0.451. The molecule has 1 aliphatic heterocycles. The average Bonchev–Trinajstić information content (AvgIpc) is 3.22. The Labute approximate surface area is 192 Å². The number of benzene rings is 2. The van der Waals surface area contributed by atoms with Crippen molar-refractivity contribution in [2.75, 3.05) is 13.1 Å². The normalized spacial score (nSPS) is 20.2. The second kappa shape index (κ2) is 9.23. The van der Waals surface area contributed by atoms with Crippen molar-refractivity contribution in [2.45, 2.75) is 64.4 Å². The van der Waals surface area contributed by atoms with E-state index in [1.54, 1.807) is 6.07 Å². The molecule has 2 aromatic carbocycles. The van der Waals surface area contributed by atoms with Crippen LogP contribution in [0.5, 0.6) is 5.75 Å². The van der Waals surface area contributed by atoms with Crippen LogP contribution in [0.25, 0.3) is 11.0 Å². The molecule has 2 unspecified atom stereocenters. The third-order valence-corrected chi connectivity index (χ3v) is 6.47. The second-order valence-corrected chi connectivity index (χ2v) is 9.18. The molecule has 0 spiro atoms. The molecule has 1 fully saturated rings. The molecular weight excluding hydrogens is 423 g/mol. The Bertz CT molecular complexity index is 1150. The maximum atomic E-state index is 13.6. The van der Waals surface area contributed by atoms with Gasteiger partial charge in [0.15, 0.2) is 11.4 Å². The fourth-order valence-electron chi connectivity index (χ4n) is 4.85. The molecule has 0 amide bonds.